The average molecular weight is 554 g/mol. The van der Waals surface area contributed by atoms with Gasteiger partial charge >= 0.3 is 24.2 Å². The van der Waals surface area contributed by atoms with Crippen molar-refractivity contribution in [3.05, 3.63) is 23.8 Å². The number of rotatable bonds is 16. The highest BCUT2D eigenvalue weighted by molar-refractivity contribution is 5.76. The normalized spacial score (nSPS) is 12.4. The van der Waals surface area contributed by atoms with E-state index in [4.69, 9.17) is 28.4 Å². The smallest absolute Gasteiger partial charge is 0.468 e. The van der Waals surface area contributed by atoms with Crippen LogP contribution in [0.2, 0.25) is 0 Å². The zero-order valence-corrected chi connectivity index (χ0v) is 24.1. The largest absolute Gasteiger partial charge is 0.513 e. The van der Waals surface area contributed by atoms with Gasteiger partial charge in [-0.2, -0.15) is 0 Å². The summed E-state index contributed by atoms with van der Waals surface area (Å²) in [5, 5.41) is 3.06. The van der Waals surface area contributed by atoms with Gasteiger partial charge in [-0.05, 0) is 49.3 Å². The van der Waals surface area contributed by atoms with Crippen LogP contribution >= 0.6 is 0 Å². The summed E-state index contributed by atoms with van der Waals surface area (Å²) in [5.74, 6) is -0.767. The molecule has 0 saturated heterocycles. The Hall–Kier alpha value is -3.34. The predicted molar refractivity (Wildman–Crippen MR) is 143 cm³/mol. The second-order valence-corrected chi connectivity index (χ2v) is 9.99. The van der Waals surface area contributed by atoms with Gasteiger partial charge in [0.2, 0.25) is 0 Å². The maximum atomic E-state index is 12.5. The first kappa shape index (κ1) is 33.7. The summed E-state index contributed by atoms with van der Waals surface area (Å²) in [6.45, 7) is 11.7. The summed E-state index contributed by atoms with van der Waals surface area (Å²) in [4.78, 5) is 48.7. The van der Waals surface area contributed by atoms with Crippen molar-refractivity contribution in [1.29, 1.82) is 0 Å². The Balaban J connectivity index is 3.02. The maximum Gasteiger partial charge on any atom is 0.513 e. The second kappa shape index (κ2) is 18.0. The molecule has 39 heavy (non-hydrogen) atoms. The number of ether oxygens (including phenoxy) is 6. The van der Waals surface area contributed by atoms with Gasteiger partial charge < -0.3 is 33.7 Å². The van der Waals surface area contributed by atoms with Crippen LogP contribution in [0.4, 0.5) is 9.59 Å². The van der Waals surface area contributed by atoms with E-state index in [2.05, 4.69) is 5.32 Å². The van der Waals surface area contributed by atoms with Crippen molar-refractivity contribution in [2.75, 3.05) is 26.9 Å². The van der Waals surface area contributed by atoms with Gasteiger partial charge in [-0.25, -0.2) is 9.59 Å². The van der Waals surface area contributed by atoms with Crippen LogP contribution in [0.25, 0.3) is 0 Å². The molecule has 0 bridgehead atoms. The number of esters is 2. The Morgan fingerprint density at radius 3 is 2.00 bits per heavy atom. The van der Waals surface area contributed by atoms with Crippen LogP contribution in [0, 0.1) is 11.8 Å². The van der Waals surface area contributed by atoms with Crippen LogP contribution in [0.1, 0.15) is 66.4 Å². The summed E-state index contributed by atoms with van der Waals surface area (Å²) >= 11 is 0. The highest BCUT2D eigenvalue weighted by Gasteiger charge is 2.23. The topological polar surface area (TPSA) is 136 Å². The van der Waals surface area contributed by atoms with Crippen molar-refractivity contribution in [3.8, 4) is 11.5 Å². The summed E-state index contributed by atoms with van der Waals surface area (Å²) in [7, 11) is 1.27. The third-order valence-electron chi connectivity index (χ3n) is 5.11. The molecule has 1 rings (SSSR count). The minimum atomic E-state index is -0.970. The van der Waals surface area contributed by atoms with Gasteiger partial charge in [-0.15, -0.1) is 0 Å². The second-order valence-electron chi connectivity index (χ2n) is 9.99. The van der Waals surface area contributed by atoms with Crippen molar-refractivity contribution in [3.63, 3.8) is 0 Å². The number of nitrogens with one attached hydrogen (secondary N) is 1. The summed E-state index contributed by atoms with van der Waals surface area (Å²) in [5.41, 5.74) is 0.569. The minimum Gasteiger partial charge on any atom is -0.468 e. The van der Waals surface area contributed by atoms with Crippen LogP contribution in [0.15, 0.2) is 18.2 Å². The van der Waals surface area contributed by atoms with Gasteiger partial charge in [-0.3, -0.25) is 9.59 Å². The van der Waals surface area contributed by atoms with Crippen LogP contribution in [0.3, 0.4) is 0 Å². The monoisotopic (exact) mass is 553 g/mol. The van der Waals surface area contributed by atoms with E-state index in [1.807, 2.05) is 34.6 Å². The molecule has 1 aromatic carbocycles. The van der Waals surface area contributed by atoms with E-state index >= 15 is 0 Å². The van der Waals surface area contributed by atoms with E-state index in [9.17, 15) is 19.2 Å². The van der Waals surface area contributed by atoms with Gasteiger partial charge in [0.15, 0.2) is 11.5 Å². The standard InChI is InChI=1S/C28H43NO10/c1-8-9-10-25(30)37-20(6)15-29-22(26(31)34-7)13-21-11-12-23(38-27(32)35-16-18(2)3)24(14-21)39-28(33)36-17-19(4)5/h11-12,14,18-20,22,29H,8-10,13,15-17H2,1-7H3/t20?,22-/m0/s1. The molecule has 0 aliphatic carbocycles. The highest BCUT2D eigenvalue weighted by atomic mass is 16.7. The van der Waals surface area contributed by atoms with Crippen molar-refractivity contribution < 1.29 is 47.6 Å². The SMILES string of the molecule is CCCCC(=O)OC(C)CN[C@@H](Cc1ccc(OC(=O)OCC(C)C)c(OC(=O)OCC(C)C)c1)C(=O)OC. The molecule has 1 aromatic rings. The molecule has 1 unspecified atom stereocenters. The molecule has 1 N–H and O–H groups in total. The number of carbonyl (C=O) groups excluding carboxylic acids is 4. The number of unbranched alkanes of at least 4 members (excludes halogenated alkanes) is 1. The first-order valence-corrected chi connectivity index (χ1v) is 13.3. The number of carbonyl (C=O) groups is 4. The van der Waals surface area contributed by atoms with E-state index in [0.717, 1.165) is 12.8 Å². The van der Waals surface area contributed by atoms with Crippen molar-refractivity contribution in [2.45, 2.75) is 79.4 Å². The highest BCUT2D eigenvalue weighted by Crippen LogP contribution is 2.30. The van der Waals surface area contributed by atoms with E-state index in [-0.39, 0.29) is 55.5 Å². The Kier molecular flexibility index (Phi) is 15.6. The molecule has 0 spiro atoms. The van der Waals surface area contributed by atoms with E-state index < -0.39 is 30.4 Å². The number of hydrogen-bond donors (Lipinski definition) is 1. The van der Waals surface area contributed by atoms with Crippen molar-refractivity contribution in [2.24, 2.45) is 11.8 Å². The fourth-order valence-corrected chi connectivity index (χ4v) is 3.12. The lowest BCUT2D eigenvalue weighted by Gasteiger charge is -2.20. The zero-order chi connectivity index (χ0) is 29.4. The van der Waals surface area contributed by atoms with Gasteiger partial charge in [-0.1, -0.05) is 47.1 Å². The molecule has 0 radical (unpaired) electrons. The Morgan fingerprint density at radius 2 is 1.46 bits per heavy atom. The maximum absolute atomic E-state index is 12.5. The van der Waals surface area contributed by atoms with Crippen LogP contribution < -0.4 is 14.8 Å². The first-order valence-electron chi connectivity index (χ1n) is 13.3. The molecule has 0 aromatic heterocycles. The summed E-state index contributed by atoms with van der Waals surface area (Å²) in [6, 6.07) is 3.72. The Bertz CT molecular complexity index is 931. The molecule has 11 nitrogen and oxygen atoms in total. The van der Waals surface area contributed by atoms with Gasteiger partial charge in [0.05, 0.1) is 20.3 Å². The predicted octanol–water partition coefficient (Wildman–Crippen LogP) is 4.83. The lowest BCUT2D eigenvalue weighted by atomic mass is 10.0. The average Bonchev–Trinajstić information content (AvgIpc) is 2.88. The third-order valence-corrected chi connectivity index (χ3v) is 5.11. The molecular formula is C28H43NO10. The molecule has 0 aliphatic rings. The molecule has 0 aliphatic heterocycles. The summed E-state index contributed by atoms with van der Waals surface area (Å²) < 4.78 is 31.0. The van der Waals surface area contributed by atoms with Crippen LogP contribution in [-0.4, -0.2) is 63.3 Å². The Labute approximate surface area is 230 Å². The summed E-state index contributed by atoms with van der Waals surface area (Å²) in [6.07, 6.45) is -0.286. The molecule has 2 atom stereocenters. The lowest BCUT2D eigenvalue weighted by Crippen LogP contribution is -2.43. The molecule has 0 amide bonds. The number of hydrogen-bond acceptors (Lipinski definition) is 11. The van der Waals surface area contributed by atoms with Crippen molar-refractivity contribution >= 4 is 24.2 Å². The Morgan fingerprint density at radius 1 is 0.872 bits per heavy atom. The van der Waals surface area contributed by atoms with Crippen molar-refractivity contribution in [1.82, 2.24) is 5.32 Å². The van der Waals surface area contributed by atoms with E-state index in [1.165, 1.54) is 19.2 Å². The van der Waals surface area contributed by atoms with Gasteiger partial charge in [0, 0.05) is 13.0 Å². The molecule has 0 fully saturated rings. The number of benzene rings is 1. The number of methoxy groups -OCH3 is 1. The molecule has 220 valence electrons. The lowest BCUT2D eigenvalue weighted by molar-refractivity contribution is -0.148. The fourth-order valence-electron chi connectivity index (χ4n) is 3.12. The fraction of sp³-hybridized carbons (Fsp3) is 0.643. The molecular weight excluding hydrogens is 510 g/mol. The molecule has 0 heterocycles. The van der Waals surface area contributed by atoms with Crippen LogP contribution in [-0.2, 0) is 35.0 Å². The third kappa shape index (κ3) is 14.4. The molecule has 11 heteroatoms. The molecule has 0 saturated carbocycles. The first-order chi connectivity index (χ1) is 18.4. The van der Waals surface area contributed by atoms with Gasteiger partial charge in [0.1, 0.15) is 12.1 Å². The quantitative estimate of drug-likeness (QED) is 0.171. The van der Waals surface area contributed by atoms with Crippen LogP contribution in [0.5, 0.6) is 11.5 Å². The van der Waals surface area contributed by atoms with E-state index in [0.29, 0.717) is 12.0 Å². The zero-order valence-electron chi connectivity index (χ0n) is 24.1. The van der Waals surface area contributed by atoms with Gasteiger partial charge in [0.25, 0.3) is 0 Å². The van der Waals surface area contributed by atoms with E-state index in [1.54, 1.807) is 13.0 Å². The minimum absolute atomic E-state index is 0.0517.